The van der Waals surface area contributed by atoms with Gasteiger partial charge in [0.2, 0.25) is 0 Å². The summed E-state index contributed by atoms with van der Waals surface area (Å²) >= 11 is 0. The summed E-state index contributed by atoms with van der Waals surface area (Å²) in [5.41, 5.74) is 2.02. The fourth-order valence-corrected chi connectivity index (χ4v) is 1.70. The summed E-state index contributed by atoms with van der Waals surface area (Å²) in [5.74, 6) is 0. The van der Waals surface area contributed by atoms with Gasteiger partial charge in [-0.15, -0.1) is 17.0 Å². The van der Waals surface area contributed by atoms with E-state index in [1.165, 1.54) is 0 Å². The van der Waals surface area contributed by atoms with Crippen LogP contribution in [0.2, 0.25) is 0 Å². The summed E-state index contributed by atoms with van der Waals surface area (Å²) in [6.45, 7) is 0. The fourth-order valence-electron chi connectivity index (χ4n) is 1.70. The van der Waals surface area contributed by atoms with Crippen molar-refractivity contribution in [1.82, 2.24) is 9.97 Å². The van der Waals surface area contributed by atoms with Crippen LogP contribution in [0.25, 0.3) is 21.8 Å². The number of benzene rings is 1. The van der Waals surface area contributed by atoms with Crippen molar-refractivity contribution in [3.8, 4) is 0 Å². The first kappa shape index (κ1) is 10.1. The van der Waals surface area contributed by atoms with Gasteiger partial charge >= 0.3 is 0 Å². The molecule has 3 rings (SSSR count). The lowest BCUT2D eigenvalue weighted by Crippen LogP contribution is -1.82. The van der Waals surface area contributed by atoms with Gasteiger partial charge in [0.25, 0.3) is 0 Å². The molecule has 0 aliphatic carbocycles. The zero-order valence-corrected chi connectivity index (χ0v) is 9.63. The molecule has 3 heteroatoms. The first-order valence-corrected chi connectivity index (χ1v) is 4.53. The molecule has 0 radical (unpaired) electrons. The predicted molar refractivity (Wildman–Crippen MR) is 67.4 cm³/mol. The largest absolute Gasteiger partial charge is 0.256 e. The van der Waals surface area contributed by atoms with Crippen molar-refractivity contribution in [2.24, 2.45) is 0 Å². The second kappa shape index (κ2) is 3.95. The predicted octanol–water partition coefficient (Wildman–Crippen LogP) is 3.36. The van der Waals surface area contributed by atoms with E-state index in [0.29, 0.717) is 0 Å². The summed E-state index contributed by atoms with van der Waals surface area (Å²) < 4.78 is 0. The second-order valence-corrected chi connectivity index (χ2v) is 3.21. The van der Waals surface area contributed by atoms with Crippen LogP contribution in [0, 0.1) is 0 Å². The minimum atomic E-state index is 0. The number of nitrogens with zero attached hydrogens (tertiary/aromatic N) is 2. The monoisotopic (exact) mass is 260 g/mol. The number of fused-ring (bicyclic) bond motifs is 3. The van der Waals surface area contributed by atoms with E-state index in [2.05, 4.69) is 28.2 Å². The molecular weight excluding hydrogens is 252 g/mol. The molecule has 2 aromatic heterocycles. The average molecular weight is 261 g/mol. The number of pyridine rings is 2. The molecule has 1 aromatic carbocycles. The first-order chi connectivity index (χ1) is 6.95. The summed E-state index contributed by atoms with van der Waals surface area (Å²) in [7, 11) is 0. The molecular formula is C12H9BrN2. The Morgan fingerprint density at radius 3 is 2.53 bits per heavy atom. The van der Waals surface area contributed by atoms with Gasteiger partial charge < -0.3 is 0 Å². The van der Waals surface area contributed by atoms with Gasteiger partial charge in [-0.05, 0) is 24.3 Å². The number of hydrogen-bond donors (Lipinski definition) is 0. The van der Waals surface area contributed by atoms with Crippen molar-refractivity contribution in [2.45, 2.75) is 0 Å². The molecule has 74 valence electrons. The second-order valence-electron chi connectivity index (χ2n) is 3.21. The molecule has 15 heavy (non-hydrogen) atoms. The topological polar surface area (TPSA) is 25.8 Å². The Morgan fingerprint density at radius 2 is 1.60 bits per heavy atom. The lowest BCUT2D eigenvalue weighted by Gasteiger charge is -2.00. The maximum atomic E-state index is 4.37. The first-order valence-electron chi connectivity index (χ1n) is 4.53. The lowest BCUT2D eigenvalue weighted by molar-refractivity contribution is 1.39. The van der Waals surface area contributed by atoms with Gasteiger partial charge in [-0.25, -0.2) is 0 Å². The molecule has 0 unspecified atom stereocenters. The van der Waals surface area contributed by atoms with Crippen LogP contribution in [-0.4, -0.2) is 9.97 Å². The van der Waals surface area contributed by atoms with Crippen LogP contribution in [0.4, 0.5) is 0 Å². The molecule has 0 saturated heterocycles. The third-order valence-electron chi connectivity index (χ3n) is 2.35. The maximum Gasteiger partial charge on any atom is 0.0795 e. The number of rotatable bonds is 0. The zero-order chi connectivity index (χ0) is 9.38. The molecule has 0 N–H and O–H groups in total. The van der Waals surface area contributed by atoms with Crippen LogP contribution in [0.1, 0.15) is 0 Å². The number of halogens is 1. The smallest absolute Gasteiger partial charge is 0.0795 e. The molecule has 0 aliphatic rings. The normalized spacial score (nSPS) is 10.1. The molecule has 0 aliphatic heterocycles. The van der Waals surface area contributed by atoms with E-state index in [1.54, 1.807) is 6.20 Å². The average Bonchev–Trinajstić information content (AvgIpc) is 2.29. The van der Waals surface area contributed by atoms with Gasteiger partial charge in [0.15, 0.2) is 0 Å². The molecule has 0 fully saturated rings. The standard InChI is InChI=1S/C12H8N2.BrH/c1-3-9-5-6-11-10(4-2-7-13-11)12(9)14-8-1;/h1-8H;1H. The van der Waals surface area contributed by atoms with Gasteiger partial charge in [-0.2, -0.15) is 0 Å². The van der Waals surface area contributed by atoms with Crippen LogP contribution < -0.4 is 0 Å². The van der Waals surface area contributed by atoms with Gasteiger partial charge in [0.05, 0.1) is 11.0 Å². The third kappa shape index (κ3) is 1.59. The van der Waals surface area contributed by atoms with Crippen LogP contribution in [0.15, 0.2) is 48.8 Å². The fraction of sp³-hybridized carbons (Fsp3) is 0. The Bertz CT molecular complexity index is 553. The highest BCUT2D eigenvalue weighted by molar-refractivity contribution is 8.93. The van der Waals surface area contributed by atoms with Crippen LogP contribution in [0.5, 0.6) is 0 Å². The van der Waals surface area contributed by atoms with Crippen molar-refractivity contribution in [3.05, 3.63) is 48.8 Å². The SMILES string of the molecule is Br.c1cnc2c(c1)ccc1ncccc12. The van der Waals surface area contributed by atoms with Crippen LogP contribution in [0.3, 0.4) is 0 Å². The van der Waals surface area contributed by atoms with Crippen LogP contribution in [-0.2, 0) is 0 Å². The minimum absolute atomic E-state index is 0. The molecule has 0 spiro atoms. The van der Waals surface area contributed by atoms with Crippen molar-refractivity contribution in [2.75, 3.05) is 0 Å². The maximum absolute atomic E-state index is 4.37. The number of aromatic nitrogens is 2. The van der Waals surface area contributed by atoms with E-state index >= 15 is 0 Å². The van der Waals surface area contributed by atoms with Crippen molar-refractivity contribution in [3.63, 3.8) is 0 Å². The molecule has 2 nitrogen and oxygen atoms in total. The van der Waals surface area contributed by atoms with E-state index in [-0.39, 0.29) is 17.0 Å². The summed E-state index contributed by atoms with van der Waals surface area (Å²) in [5, 5.41) is 2.28. The minimum Gasteiger partial charge on any atom is -0.256 e. The van der Waals surface area contributed by atoms with Gasteiger partial charge in [-0.1, -0.05) is 12.1 Å². The molecule has 0 saturated carbocycles. The summed E-state index contributed by atoms with van der Waals surface area (Å²) in [6.07, 6.45) is 3.62. The summed E-state index contributed by atoms with van der Waals surface area (Å²) in [6, 6.07) is 12.1. The van der Waals surface area contributed by atoms with Crippen LogP contribution >= 0.6 is 17.0 Å². The van der Waals surface area contributed by atoms with E-state index in [4.69, 9.17) is 0 Å². The molecule has 0 bridgehead atoms. The Kier molecular flexibility index (Phi) is 2.64. The quantitative estimate of drug-likeness (QED) is 0.580. The summed E-state index contributed by atoms with van der Waals surface area (Å²) in [4.78, 5) is 8.66. The van der Waals surface area contributed by atoms with Gasteiger partial charge in [0.1, 0.15) is 0 Å². The molecule has 2 heterocycles. The van der Waals surface area contributed by atoms with E-state index in [1.807, 2.05) is 24.4 Å². The highest BCUT2D eigenvalue weighted by Gasteiger charge is 1.99. The highest BCUT2D eigenvalue weighted by Crippen LogP contribution is 2.20. The van der Waals surface area contributed by atoms with Gasteiger partial charge in [0, 0.05) is 23.2 Å². The Labute approximate surface area is 97.7 Å². The highest BCUT2D eigenvalue weighted by atomic mass is 79.9. The third-order valence-corrected chi connectivity index (χ3v) is 2.35. The van der Waals surface area contributed by atoms with E-state index < -0.39 is 0 Å². The van der Waals surface area contributed by atoms with E-state index in [9.17, 15) is 0 Å². The number of hydrogen-bond acceptors (Lipinski definition) is 2. The Hall–Kier alpha value is -1.48. The zero-order valence-electron chi connectivity index (χ0n) is 7.92. The lowest BCUT2D eigenvalue weighted by atomic mass is 10.1. The Morgan fingerprint density at radius 1 is 0.800 bits per heavy atom. The molecule has 0 atom stereocenters. The molecule has 3 aromatic rings. The van der Waals surface area contributed by atoms with Crippen molar-refractivity contribution >= 4 is 38.8 Å². The van der Waals surface area contributed by atoms with E-state index in [0.717, 1.165) is 21.8 Å². The van der Waals surface area contributed by atoms with Crippen molar-refractivity contribution < 1.29 is 0 Å². The van der Waals surface area contributed by atoms with Gasteiger partial charge in [-0.3, -0.25) is 9.97 Å². The Balaban J connectivity index is 0.000000853. The van der Waals surface area contributed by atoms with Crippen molar-refractivity contribution in [1.29, 1.82) is 0 Å². The molecule has 0 amide bonds.